The summed E-state index contributed by atoms with van der Waals surface area (Å²) in [6.45, 7) is 0. The number of benzene rings is 2. The van der Waals surface area contributed by atoms with Gasteiger partial charge in [0.2, 0.25) is 0 Å². The number of ether oxygens (including phenoxy) is 1. The Hall–Kier alpha value is -3.47. The van der Waals surface area contributed by atoms with E-state index >= 15 is 0 Å². The quantitative estimate of drug-likeness (QED) is 0.691. The number of para-hydroxylation sites is 1. The highest BCUT2D eigenvalue weighted by Gasteiger charge is 2.35. The number of carbonyl (C=O) groups is 1. The average Bonchev–Trinajstić information content (AvgIpc) is 3.23. The van der Waals surface area contributed by atoms with Crippen LogP contribution in [0.4, 0.5) is 11.4 Å². The first-order valence-corrected chi connectivity index (χ1v) is 8.70. The van der Waals surface area contributed by atoms with Crippen molar-refractivity contribution in [3.8, 4) is 5.75 Å². The number of methoxy groups -OCH3 is 1. The number of nitrogens with zero attached hydrogens (tertiary/aromatic N) is 2. The van der Waals surface area contributed by atoms with Crippen molar-refractivity contribution in [2.45, 2.75) is 6.17 Å². The van der Waals surface area contributed by atoms with Crippen molar-refractivity contribution in [2.24, 2.45) is 0 Å². The molecule has 0 spiro atoms. The molecule has 1 amide bonds. The van der Waals surface area contributed by atoms with Crippen molar-refractivity contribution in [3.63, 3.8) is 0 Å². The van der Waals surface area contributed by atoms with Gasteiger partial charge < -0.3 is 14.1 Å². The second kappa shape index (κ2) is 7.03. The summed E-state index contributed by atoms with van der Waals surface area (Å²) in [5.41, 5.74) is 2.39. The fourth-order valence-electron chi connectivity index (χ4n) is 3.32. The molecule has 0 bridgehead atoms. The molecule has 1 aliphatic rings. The van der Waals surface area contributed by atoms with E-state index in [1.165, 1.54) is 0 Å². The molecule has 3 aromatic rings. The van der Waals surface area contributed by atoms with Crippen molar-refractivity contribution < 1.29 is 13.9 Å². The van der Waals surface area contributed by atoms with Gasteiger partial charge in [-0.1, -0.05) is 12.1 Å². The van der Waals surface area contributed by atoms with E-state index in [4.69, 9.17) is 9.15 Å². The third kappa shape index (κ3) is 3.08. The second-order valence-corrected chi connectivity index (χ2v) is 6.29. The SMILES string of the molecule is COc1ccc(N2C(=O)c3ccccc3N(C)C2/C=C/c2ccco2)cc1. The molecule has 27 heavy (non-hydrogen) atoms. The minimum atomic E-state index is -0.286. The van der Waals surface area contributed by atoms with Crippen LogP contribution >= 0.6 is 0 Å². The lowest BCUT2D eigenvalue weighted by molar-refractivity contribution is 0.0975. The summed E-state index contributed by atoms with van der Waals surface area (Å²) in [5, 5.41) is 0. The van der Waals surface area contributed by atoms with Crippen LogP contribution in [0.3, 0.4) is 0 Å². The third-order valence-electron chi connectivity index (χ3n) is 4.72. The van der Waals surface area contributed by atoms with Gasteiger partial charge in [-0.15, -0.1) is 0 Å². The largest absolute Gasteiger partial charge is 0.497 e. The maximum Gasteiger partial charge on any atom is 0.262 e. The zero-order valence-electron chi connectivity index (χ0n) is 15.2. The summed E-state index contributed by atoms with van der Waals surface area (Å²) in [6, 6.07) is 18.9. The lowest BCUT2D eigenvalue weighted by Gasteiger charge is -2.42. The summed E-state index contributed by atoms with van der Waals surface area (Å²) in [5.74, 6) is 1.45. The number of amides is 1. The average molecular weight is 360 g/mol. The van der Waals surface area contributed by atoms with Crippen LogP contribution in [0, 0.1) is 0 Å². The summed E-state index contributed by atoms with van der Waals surface area (Å²) in [6.07, 6.45) is 5.20. The minimum absolute atomic E-state index is 0.0389. The summed E-state index contributed by atoms with van der Waals surface area (Å²) >= 11 is 0. The van der Waals surface area contributed by atoms with Crippen LogP contribution in [-0.2, 0) is 0 Å². The standard InChI is InChI=1S/C22H20N2O3/c1-23-20-8-4-3-7-19(20)22(25)24(16-9-11-17(26-2)12-10-16)21(23)14-13-18-6-5-15-27-18/h3-15,21H,1-2H3/b14-13+. The van der Waals surface area contributed by atoms with E-state index in [-0.39, 0.29) is 12.1 Å². The Kier molecular flexibility index (Phi) is 4.42. The number of anilines is 2. The number of carbonyl (C=O) groups excluding carboxylic acids is 1. The van der Waals surface area contributed by atoms with Gasteiger partial charge in [-0.3, -0.25) is 9.69 Å². The summed E-state index contributed by atoms with van der Waals surface area (Å²) in [7, 11) is 3.61. The fourth-order valence-corrected chi connectivity index (χ4v) is 3.32. The molecule has 0 radical (unpaired) electrons. The maximum atomic E-state index is 13.3. The van der Waals surface area contributed by atoms with Crippen LogP contribution in [0.15, 0.2) is 77.4 Å². The smallest absolute Gasteiger partial charge is 0.262 e. The number of fused-ring (bicyclic) bond motifs is 1. The minimum Gasteiger partial charge on any atom is -0.497 e. The van der Waals surface area contributed by atoms with Crippen LogP contribution in [-0.4, -0.2) is 26.2 Å². The number of hydrogen-bond acceptors (Lipinski definition) is 4. The van der Waals surface area contributed by atoms with Gasteiger partial charge in [0.05, 0.1) is 24.6 Å². The van der Waals surface area contributed by atoms with Gasteiger partial charge in [-0.2, -0.15) is 0 Å². The van der Waals surface area contributed by atoms with E-state index in [9.17, 15) is 4.79 Å². The Labute approximate surface area is 158 Å². The van der Waals surface area contributed by atoms with Gasteiger partial charge in [0.15, 0.2) is 0 Å². The van der Waals surface area contributed by atoms with E-state index in [0.29, 0.717) is 5.56 Å². The van der Waals surface area contributed by atoms with Crippen LogP contribution in [0.5, 0.6) is 5.75 Å². The maximum absolute atomic E-state index is 13.3. The zero-order valence-corrected chi connectivity index (χ0v) is 15.2. The molecule has 0 fully saturated rings. The predicted octanol–water partition coefficient (Wildman–Crippen LogP) is 4.42. The zero-order chi connectivity index (χ0) is 18.8. The van der Waals surface area contributed by atoms with E-state index < -0.39 is 0 Å². The highest BCUT2D eigenvalue weighted by atomic mass is 16.5. The molecule has 0 saturated carbocycles. The van der Waals surface area contributed by atoms with Gasteiger partial charge >= 0.3 is 0 Å². The molecule has 5 nitrogen and oxygen atoms in total. The lowest BCUT2D eigenvalue weighted by Crippen LogP contribution is -2.53. The predicted molar refractivity (Wildman–Crippen MR) is 106 cm³/mol. The molecule has 0 aliphatic carbocycles. The molecular weight excluding hydrogens is 340 g/mol. The molecule has 0 saturated heterocycles. The second-order valence-electron chi connectivity index (χ2n) is 6.29. The molecule has 1 unspecified atom stereocenters. The van der Waals surface area contributed by atoms with Crippen molar-refractivity contribution in [2.75, 3.05) is 24.0 Å². The Bertz CT molecular complexity index is 961. The van der Waals surface area contributed by atoms with Gasteiger partial charge in [-0.05, 0) is 60.7 Å². The highest BCUT2D eigenvalue weighted by Crippen LogP contribution is 2.34. The topological polar surface area (TPSA) is 45.9 Å². The molecule has 0 N–H and O–H groups in total. The summed E-state index contributed by atoms with van der Waals surface area (Å²) in [4.78, 5) is 17.2. The normalized spacial score (nSPS) is 16.7. The van der Waals surface area contributed by atoms with E-state index in [1.807, 2.05) is 79.9 Å². The number of hydrogen-bond donors (Lipinski definition) is 0. The van der Waals surface area contributed by atoms with E-state index in [0.717, 1.165) is 22.9 Å². The highest BCUT2D eigenvalue weighted by molar-refractivity contribution is 6.12. The molecule has 2 aromatic carbocycles. The Morgan fingerprint density at radius 1 is 1.04 bits per heavy atom. The van der Waals surface area contributed by atoms with Crippen LogP contribution in [0.25, 0.3) is 6.08 Å². The third-order valence-corrected chi connectivity index (χ3v) is 4.72. The molecule has 1 aliphatic heterocycles. The monoisotopic (exact) mass is 360 g/mol. The van der Waals surface area contributed by atoms with Crippen molar-refractivity contribution >= 4 is 23.4 Å². The van der Waals surface area contributed by atoms with Gasteiger partial charge in [0.1, 0.15) is 17.7 Å². The molecule has 2 heterocycles. The van der Waals surface area contributed by atoms with Crippen molar-refractivity contribution in [1.29, 1.82) is 0 Å². The van der Waals surface area contributed by atoms with Crippen molar-refractivity contribution in [1.82, 2.24) is 0 Å². The Balaban J connectivity index is 1.79. The van der Waals surface area contributed by atoms with Crippen LogP contribution in [0.1, 0.15) is 16.1 Å². The molecule has 136 valence electrons. The van der Waals surface area contributed by atoms with Crippen LogP contribution < -0.4 is 14.5 Å². The lowest BCUT2D eigenvalue weighted by atomic mass is 10.0. The first-order valence-electron chi connectivity index (χ1n) is 8.70. The van der Waals surface area contributed by atoms with Gasteiger partial charge in [-0.25, -0.2) is 0 Å². The van der Waals surface area contributed by atoms with Gasteiger partial charge in [0, 0.05) is 12.7 Å². The molecular formula is C22H20N2O3. The van der Waals surface area contributed by atoms with E-state index in [1.54, 1.807) is 18.3 Å². The molecule has 1 aromatic heterocycles. The Morgan fingerprint density at radius 3 is 2.52 bits per heavy atom. The van der Waals surface area contributed by atoms with Crippen molar-refractivity contribution in [3.05, 3.63) is 84.3 Å². The first kappa shape index (κ1) is 17.0. The Morgan fingerprint density at radius 2 is 1.81 bits per heavy atom. The fraction of sp³-hybridized carbons (Fsp3) is 0.136. The number of furan rings is 1. The van der Waals surface area contributed by atoms with E-state index in [2.05, 4.69) is 4.90 Å². The van der Waals surface area contributed by atoms with Crippen LogP contribution in [0.2, 0.25) is 0 Å². The summed E-state index contributed by atoms with van der Waals surface area (Å²) < 4.78 is 10.6. The number of likely N-dealkylation sites (N-methyl/N-ethyl adjacent to an activating group) is 1. The molecule has 5 heteroatoms. The first-order chi connectivity index (χ1) is 13.2. The number of rotatable bonds is 4. The molecule has 1 atom stereocenters. The van der Waals surface area contributed by atoms with Gasteiger partial charge in [0.25, 0.3) is 5.91 Å². The molecule has 4 rings (SSSR count).